The van der Waals surface area contributed by atoms with Crippen LogP contribution < -0.4 is 0 Å². The number of hydrogen-bond acceptors (Lipinski definition) is 3. The van der Waals surface area contributed by atoms with Crippen molar-refractivity contribution in [2.24, 2.45) is 0 Å². The third-order valence-corrected chi connectivity index (χ3v) is 4.42. The van der Waals surface area contributed by atoms with Gasteiger partial charge < -0.3 is 9.88 Å². The second kappa shape index (κ2) is 6.66. The molecule has 0 bridgehead atoms. The summed E-state index contributed by atoms with van der Waals surface area (Å²) in [5.41, 5.74) is 3.68. The van der Waals surface area contributed by atoms with E-state index in [0.717, 1.165) is 29.3 Å². The number of likely N-dealkylation sites (N-methyl/N-ethyl adjacent to an activating group) is 1. The van der Waals surface area contributed by atoms with Crippen molar-refractivity contribution in [3.8, 4) is 0 Å². The van der Waals surface area contributed by atoms with Crippen molar-refractivity contribution in [2.75, 3.05) is 13.6 Å². The van der Waals surface area contributed by atoms with Crippen LogP contribution >= 0.6 is 0 Å². The Morgan fingerprint density at radius 2 is 2.12 bits per heavy atom. The minimum absolute atomic E-state index is 0.0446. The van der Waals surface area contributed by atoms with E-state index in [-0.39, 0.29) is 11.7 Å². The van der Waals surface area contributed by atoms with Gasteiger partial charge in [0.1, 0.15) is 11.6 Å². The van der Waals surface area contributed by atoms with Crippen LogP contribution in [0, 0.1) is 19.7 Å². The maximum Gasteiger partial charge on any atom is 0.257 e. The van der Waals surface area contributed by atoms with Crippen molar-refractivity contribution < 1.29 is 9.18 Å². The lowest BCUT2D eigenvalue weighted by Crippen LogP contribution is -2.30. The molecule has 0 fully saturated rings. The summed E-state index contributed by atoms with van der Waals surface area (Å²) in [6.07, 6.45) is 0.568. The fourth-order valence-electron chi connectivity index (χ4n) is 3.03. The first-order valence-corrected chi connectivity index (χ1v) is 8.34. The van der Waals surface area contributed by atoms with Crippen molar-refractivity contribution in [2.45, 2.75) is 33.7 Å². The van der Waals surface area contributed by atoms with Gasteiger partial charge in [0.2, 0.25) is 0 Å². The van der Waals surface area contributed by atoms with Crippen LogP contribution in [0.5, 0.6) is 0 Å². The molecule has 0 aliphatic carbocycles. The molecule has 1 N–H and O–H groups in total. The summed E-state index contributed by atoms with van der Waals surface area (Å²) in [5.74, 6) is 0.392. The Morgan fingerprint density at radius 3 is 2.80 bits per heavy atom. The van der Waals surface area contributed by atoms with Gasteiger partial charge in [0.25, 0.3) is 5.91 Å². The number of aromatic amines is 1. The van der Waals surface area contributed by atoms with Crippen LogP contribution in [-0.2, 0) is 13.0 Å². The molecule has 132 valence electrons. The normalized spacial score (nSPS) is 11.2. The average Bonchev–Trinajstić information content (AvgIpc) is 3.11. The smallest absolute Gasteiger partial charge is 0.257 e. The summed E-state index contributed by atoms with van der Waals surface area (Å²) < 4.78 is 15.1. The second-order valence-corrected chi connectivity index (χ2v) is 6.18. The van der Waals surface area contributed by atoms with Crippen molar-refractivity contribution in [3.63, 3.8) is 0 Å². The number of amides is 1. The fourth-order valence-corrected chi connectivity index (χ4v) is 3.03. The van der Waals surface area contributed by atoms with Crippen LogP contribution in [-0.4, -0.2) is 44.1 Å². The van der Waals surface area contributed by atoms with E-state index in [2.05, 4.69) is 15.1 Å². The topological polar surface area (TPSA) is 66.8 Å². The van der Waals surface area contributed by atoms with Crippen LogP contribution in [0.2, 0.25) is 0 Å². The number of imidazole rings is 1. The maximum atomic E-state index is 13.3. The predicted molar refractivity (Wildman–Crippen MR) is 94.1 cm³/mol. The zero-order valence-electron chi connectivity index (χ0n) is 14.9. The summed E-state index contributed by atoms with van der Waals surface area (Å²) >= 11 is 0. The largest absolute Gasteiger partial charge is 0.342 e. The predicted octanol–water partition coefficient (Wildman–Crippen LogP) is 2.85. The Hall–Kier alpha value is -2.70. The molecule has 3 aromatic rings. The molecule has 25 heavy (non-hydrogen) atoms. The molecule has 1 aromatic carbocycles. The second-order valence-electron chi connectivity index (χ2n) is 6.18. The molecule has 7 heteroatoms. The molecule has 0 unspecified atom stereocenters. The van der Waals surface area contributed by atoms with E-state index < -0.39 is 0 Å². The number of H-pyrrole nitrogens is 1. The molecule has 3 rings (SSSR count). The van der Waals surface area contributed by atoms with Gasteiger partial charge in [-0.25, -0.2) is 9.37 Å². The number of rotatable bonds is 5. The first-order valence-electron chi connectivity index (χ1n) is 8.34. The van der Waals surface area contributed by atoms with Crippen molar-refractivity contribution in [1.82, 2.24) is 24.6 Å². The zero-order valence-corrected chi connectivity index (χ0v) is 14.9. The van der Waals surface area contributed by atoms with Crippen LogP contribution in [0.4, 0.5) is 4.39 Å². The Morgan fingerprint density at radius 1 is 1.36 bits per heavy atom. The number of nitrogens with zero attached hydrogens (tertiary/aromatic N) is 4. The van der Waals surface area contributed by atoms with Crippen LogP contribution in [0.3, 0.4) is 0 Å². The molecule has 0 atom stereocenters. The lowest BCUT2D eigenvalue weighted by Gasteiger charge is -2.16. The lowest BCUT2D eigenvalue weighted by atomic mass is 10.1. The van der Waals surface area contributed by atoms with E-state index in [0.29, 0.717) is 24.0 Å². The Labute approximate surface area is 145 Å². The quantitative estimate of drug-likeness (QED) is 0.775. The van der Waals surface area contributed by atoms with E-state index in [9.17, 15) is 9.18 Å². The van der Waals surface area contributed by atoms with Crippen molar-refractivity contribution >= 4 is 16.9 Å². The number of aryl methyl sites for hydroxylation is 2. The van der Waals surface area contributed by atoms with E-state index in [1.165, 1.54) is 12.1 Å². The van der Waals surface area contributed by atoms with E-state index in [1.54, 1.807) is 18.0 Å². The Kier molecular flexibility index (Phi) is 4.57. The maximum absolute atomic E-state index is 13.3. The van der Waals surface area contributed by atoms with Gasteiger partial charge >= 0.3 is 0 Å². The zero-order chi connectivity index (χ0) is 18.1. The first-order chi connectivity index (χ1) is 11.9. The number of benzene rings is 1. The summed E-state index contributed by atoms with van der Waals surface area (Å²) in [5, 5.41) is 4.40. The van der Waals surface area contributed by atoms with Gasteiger partial charge in [-0.15, -0.1) is 0 Å². The van der Waals surface area contributed by atoms with Gasteiger partial charge in [-0.1, -0.05) is 0 Å². The summed E-state index contributed by atoms with van der Waals surface area (Å²) in [6, 6.07) is 4.46. The molecule has 0 radical (unpaired) electrons. The number of fused-ring (bicyclic) bond motifs is 1. The standard InChI is InChI=1S/C18H22FN5O/c1-5-24-12(3)17(11(2)22-24)18(25)23(4)9-8-16-20-14-7-6-13(19)10-15(14)21-16/h6-7,10H,5,8-9H2,1-4H3,(H,20,21). The Balaban J connectivity index is 1.72. The minimum atomic E-state index is -0.297. The number of carbonyl (C=O) groups excluding carboxylic acids is 1. The highest BCUT2D eigenvalue weighted by Gasteiger charge is 2.21. The Bertz CT molecular complexity index is 927. The summed E-state index contributed by atoms with van der Waals surface area (Å²) in [7, 11) is 1.77. The molecule has 0 aliphatic heterocycles. The minimum Gasteiger partial charge on any atom is -0.342 e. The van der Waals surface area contributed by atoms with Gasteiger partial charge in [0.15, 0.2) is 0 Å². The molecular formula is C18H22FN5O. The van der Waals surface area contributed by atoms with Gasteiger partial charge in [0, 0.05) is 32.3 Å². The SMILES string of the molecule is CCn1nc(C)c(C(=O)N(C)CCc2nc3ccc(F)cc3[nH]2)c1C. The average molecular weight is 343 g/mol. The molecular weight excluding hydrogens is 321 g/mol. The van der Waals surface area contributed by atoms with E-state index in [4.69, 9.17) is 0 Å². The highest BCUT2D eigenvalue weighted by molar-refractivity contribution is 5.96. The molecule has 1 amide bonds. The van der Waals surface area contributed by atoms with Gasteiger partial charge in [-0.3, -0.25) is 9.48 Å². The summed E-state index contributed by atoms with van der Waals surface area (Å²) in [6.45, 7) is 7.02. The number of aromatic nitrogens is 4. The fraction of sp³-hybridized carbons (Fsp3) is 0.389. The molecule has 0 saturated carbocycles. The van der Waals surface area contributed by atoms with E-state index >= 15 is 0 Å². The van der Waals surface area contributed by atoms with Crippen LogP contribution in [0.25, 0.3) is 11.0 Å². The van der Waals surface area contributed by atoms with Crippen LogP contribution in [0.15, 0.2) is 18.2 Å². The molecule has 2 aromatic heterocycles. The molecule has 2 heterocycles. The third kappa shape index (κ3) is 3.26. The molecule has 0 saturated heterocycles. The van der Waals surface area contributed by atoms with Gasteiger partial charge in [-0.2, -0.15) is 5.10 Å². The lowest BCUT2D eigenvalue weighted by molar-refractivity contribution is 0.0794. The van der Waals surface area contributed by atoms with Gasteiger partial charge in [-0.05, 0) is 39.0 Å². The highest BCUT2D eigenvalue weighted by Crippen LogP contribution is 2.16. The monoisotopic (exact) mass is 343 g/mol. The summed E-state index contributed by atoms with van der Waals surface area (Å²) in [4.78, 5) is 22.0. The molecule has 0 aliphatic rings. The van der Waals surface area contributed by atoms with E-state index in [1.807, 2.05) is 25.5 Å². The first kappa shape index (κ1) is 17.1. The molecule has 6 nitrogen and oxygen atoms in total. The third-order valence-electron chi connectivity index (χ3n) is 4.42. The number of halogens is 1. The van der Waals surface area contributed by atoms with Gasteiger partial charge in [0.05, 0.1) is 22.3 Å². The number of carbonyl (C=O) groups is 1. The van der Waals surface area contributed by atoms with Crippen LogP contribution in [0.1, 0.15) is 34.5 Å². The number of nitrogens with one attached hydrogen (secondary N) is 1. The van der Waals surface area contributed by atoms with Crippen molar-refractivity contribution in [1.29, 1.82) is 0 Å². The molecule has 0 spiro atoms. The highest BCUT2D eigenvalue weighted by atomic mass is 19.1. The number of hydrogen-bond donors (Lipinski definition) is 1. The van der Waals surface area contributed by atoms with Crippen molar-refractivity contribution in [3.05, 3.63) is 46.8 Å².